The van der Waals surface area contributed by atoms with Gasteiger partial charge in [-0.1, -0.05) is 0 Å². The van der Waals surface area contributed by atoms with Crippen molar-refractivity contribution in [1.29, 1.82) is 0 Å². The van der Waals surface area contributed by atoms with Crippen LogP contribution in [-0.4, -0.2) is 74.3 Å². The molecule has 1 fully saturated rings. The van der Waals surface area contributed by atoms with E-state index in [1.807, 2.05) is 37.3 Å². The molecular weight excluding hydrogens is 544 g/mol. The maximum Gasteiger partial charge on any atom is 0.387 e. The van der Waals surface area contributed by atoms with Gasteiger partial charge in [0.05, 0.1) is 11.9 Å². The van der Waals surface area contributed by atoms with E-state index in [0.717, 1.165) is 22.5 Å². The number of fused-ring (bicyclic) bond motifs is 1. The molecule has 2 amide bonds. The molecule has 42 heavy (non-hydrogen) atoms. The zero-order valence-corrected chi connectivity index (χ0v) is 23.7. The summed E-state index contributed by atoms with van der Waals surface area (Å²) in [7, 11) is 0. The van der Waals surface area contributed by atoms with Crippen LogP contribution in [0.1, 0.15) is 36.2 Å². The first-order chi connectivity index (χ1) is 20.0. The van der Waals surface area contributed by atoms with Crippen LogP contribution in [0.2, 0.25) is 0 Å². The van der Waals surface area contributed by atoms with E-state index in [9.17, 15) is 18.4 Å². The molecule has 1 saturated heterocycles. The second-order valence-corrected chi connectivity index (χ2v) is 11.0. The molecular formula is C30H33F2N7O3. The standard InChI is InChI=1S/C30H33F2N7O3/c1-19-16-21(6-9-23(19)28(41)38-14-12-37(13-15-38)25(40)17-30(2,3)33)36-26-27-35-18-24(39(27)11-10-34-26)20-4-7-22(8-5-20)42-29(31)32/h4-11,16,18,29H,12-15,17,33H2,1-3H3,(H,34,36). The first-order valence-corrected chi connectivity index (χ1v) is 13.6. The maximum absolute atomic E-state index is 13.3. The number of anilines is 2. The molecule has 3 N–H and O–H groups in total. The number of nitrogens with one attached hydrogen (secondary N) is 1. The van der Waals surface area contributed by atoms with E-state index < -0.39 is 12.2 Å². The third kappa shape index (κ3) is 6.49. The molecule has 3 heterocycles. The summed E-state index contributed by atoms with van der Waals surface area (Å²) in [5.74, 6) is 0.523. The van der Waals surface area contributed by atoms with Gasteiger partial charge in [0.2, 0.25) is 5.91 Å². The van der Waals surface area contributed by atoms with Crippen molar-refractivity contribution in [2.45, 2.75) is 39.3 Å². The number of amides is 2. The number of aryl methyl sites for hydroxylation is 1. The number of nitrogens with two attached hydrogens (primary N) is 1. The third-order valence-corrected chi connectivity index (χ3v) is 7.05. The Hall–Kier alpha value is -4.58. The number of halogens is 2. The molecule has 12 heteroatoms. The van der Waals surface area contributed by atoms with Gasteiger partial charge in [-0.2, -0.15) is 8.78 Å². The van der Waals surface area contributed by atoms with Crippen molar-refractivity contribution in [3.63, 3.8) is 0 Å². The summed E-state index contributed by atoms with van der Waals surface area (Å²) in [6, 6.07) is 11.8. The topological polar surface area (TPSA) is 118 Å². The van der Waals surface area contributed by atoms with Gasteiger partial charge in [-0.15, -0.1) is 0 Å². The summed E-state index contributed by atoms with van der Waals surface area (Å²) in [5, 5.41) is 3.29. The zero-order valence-electron chi connectivity index (χ0n) is 23.7. The maximum atomic E-state index is 13.3. The number of benzene rings is 2. The fourth-order valence-corrected chi connectivity index (χ4v) is 4.98. The molecule has 0 unspecified atom stereocenters. The number of aromatic nitrogens is 3. The highest BCUT2D eigenvalue weighted by Gasteiger charge is 2.28. The van der Waals surface area contributed by atoms with Gasteiger partial charge in [-0.3, -0.25) is 14.0 Å². The van der Waals surface area contributed by atoms with E-state index in [1.165, 1.54) is 12.1 Å². The van der Waals surface area contributed by atoms with E-state index in [0.29, 0.717) is 43.2 Å². The molecule has 10 nitrogen and oxygen atoms in total. The molecule has 1 aliphatic heterocycles. The molecule has 0 atom stereocenters. The van der Waals surface area contributed by atoms with Crippen LogP contribution in [0.4, 0.5) is 20.3 Å². The Kier molecular flexibility index (Phi) is 8.08. The van der Waals surface area contributed by atoms with Crippen molar-refractivity contribution in [2.75, 3.05) is 31.5 Å². The fourth-order valence-electron chi connectivity index (χ4n) is 4.98. The highest BCUT2D eigenvalue weighted by molar-refractivity contribution is 5.96. The van der Waals surface area contributed by atoms with Crippen LogP contribution < -0.4 is 15.8 Å². The predicted molar refractivity (Wildman–Crippen MR) is 155 cm³/mol. The van der Waals surface area contributed by atoms with Crippen LogP contribution in [0.5, 0.6) is 5.75 Å². The zero-order chi connectivity index (χ0) is 30.0. The van der Waals surface area contributed by atoms with Gasteiger partial charge in [-0.25, -0.2) is 9.97 Å². The van der Waals surface area contributed by atoms with Crippen molar-refractivity contribution >= 4 is 29.0 Å². The van der Waals surface area contributed by atoms with Crippen molar-refractivity contribution < 1.29 is 23.1 Å². The van der Waals surface area contributed by atoms with Gasteiger partial charge < -0.3 is 25.6 Å². The lowest BCUT2D eigenvalue weighted by Crippen LogP contribution is -2.52. The number of carbonyl (C=O) groups is 2. The van der Waals surface area contributed by atoms with Gasteiger partial charge in [0.15, 0.2) is 11.5 Å². The fraction of sp³-hybridized carbons (Fsp3) is 0.333. The molecule has 2 aromatic carbocycles. The molecule has 2 aromatic heterocycles. The molecule has 0 radical (unpaired) electrons. The monoisotopic (exact) mass is 577 g/mol. The molecule has 0 saturated carbocycles. The Morgan fingerprint density at radius 1 is 1.05 bits per heavy atom. The lowest BCUT2D eigenvalue weighted by molar-refractivity contribution is -0.133. The highest BCUT2D eigenvalue weighted by atomic mass is 19.3. The molecule has 0 bridgehead atoms. The van der Waals surface area contributed by atoms with Gasteiger partial charge in [0.25, 0.3) is 5.91 Å². The highest BCUT2D eigenvalue weighted by Crippen LogP contribution is 2.28. The first kappa shape index (κ1) is 28.9. The Bertz CT molecular complexity index is 1590. The second kappa shape index (κ2) is 11.7. The number of imidazole rings is 1. The first-order valence-electron chi connectivity index (χ1n) is 13.6. The molecule has 220 valence electrons. The summed E-state index contributed by atoms with van der Waals surface area (Å²) in [5.41, 5.74) is 9.66. The van der Waals surface area contributed by atoms with Crippen LogP contribution in [0.25, 0.3) is 16.9 Å². The normalized spacial score (nSPS) is 14.0. The minimum Gasteiger partial charge on any atom is -0.435 e. The molecule has 4 aromatic rings. The van der Waals surface area contributed by atoms with Gasteiger partial charge >= 0.3 is 6.61 Å². The van der Waals surface area contributed by atoms with Gasteiger partial charge in [-0.05, 0) is 68.8 Å². The van der Waals surface area contributed by atoms with E-state index in [-0.39, 0.29) is 24.0 Å². The van der Waals surface area contributed by atoms with Crippen molar-refractivity contribution in [2.24, 2.45) is 5.73 Å². The number of ether oxygens (including phenoxy) is 1. The smallest absolute Gasteiger partial charge is 0.387 e. The Morgan fingerprint density at radius 3 is 2.38 bits per heavy atom. The molecule has 1 aliphatic rings. The minimum atomic E-state index is -2.88. The number of hydrogen-bond acceptors (Lipinski definition) is 7. The SMILES string of the molecule is Cc1cc(Nc2nccn3c(-c4ccc(OC(F)F)cc4)cnc23)ccc1C(=O)N1CCN(C(=O)CC(C)(C)N)CC1. The van der Waals surface area contributed by atoms with Crippen molar-refractivity contribution in [3.8, 4) is 17.0 Å². The Morgan fingerprint density at radius 2 is 1.74 bits per heavy atom. The largest absolute Gasteiger partial charge is 0.435 e. The van der Waals surface area contributed by atoms with Crippen LogP contribution in [-0.2, 0) is 4.79 Å². The Balaban J connectivity index is 1.27. The van der Waals surface area contributed by atoms with Crippen molar-refractivity contribution in [3.05, 3.63) is 72.2 Å². The average molecular weight is 578 g/mol. The number of hydrogen-bond donors (Lipinski definition) is 2. The summed E-state index contributed by atoms with van der Waals surface area (Å²) < 4.78 is 31.3. The van der Waals surface area contributed by atoms with E-state index in [1.54, 1.807) is 46.6 Å². The van der Waals surface area contributed by atoms with Crippen LogP contribution in [0.15, 0.2) is 61.1 Å². The van der Waals surface area contributed by atoms with Crippen molar-refractivity contribution in [1.82, 2.24) is 24.2 Å². The second-order valence-electron chi connectivity index (χ2n) is 11.0. The van der Waals surface area contributed by atoms with E-state index in [2.05, 4.69) is 20.0 Å². The van der Waals surface area contributed by atoms with Gasteiger partial charge in [0.1, 0.15) is 5.75 Å². The quantitative estimate of drug-likeness (QED) is 0.318. The molecule has 0 aliphatic carbocycles. The van der Waals surface area contributed by atoms with Crippen LogP contribution in [0.3, 0.4) is 0 Å². The lowest BCUT2D eigenvalue weighted by Gasteiger charge is -2.36. The number of rotatable bonds is 8. The summed E-state index contributed by atoms with van der Waals surface area (Å²) >= 11 is 0. The summed E-state index contributed by atoms with van der Waals surface area (Å²) in [4.78, 5) is 38.3. The van der Waals surface area contributed by atoms with Crippen LogP contribution in [0, 0.1) is 6.92 Å². The summed E-state index contributed by atoms with van der Waals surface area (Å²) in [6.07, 6.45) is 5.35. The lowest BCUT2D eigenvalue weighted by atomic mass is 10.0. The minimum absolute atomic E-state index is 0.00630. The molecule has 5 rings (SSSR count). The predicted octanol–water partition coefficient (Wildman–Crippen LogP) is 4.46. The number of alkyl halides is 2. The van der Waals surface area contributed by atoms with E-state index >= 15 is 0 Å². The number of piperazine rings is 1. The van der Waals surface area contributed by atoms with E-state index in [4.69, 9.17) is 5.73 Å². The average Bonchev–Trinajstić information content (AvgIpc) is 3.37. The number of nitrogens with zero attached hydrogens (tertiary/aromatic N) is 5. The van der Waals surface area contributed by atoms with Gasteiger partial charge in [0, 0.05) is 67.3 Å². The molecule has 0 spiro atoms. The van der Waals surface area contributed by atoms with Crippen LogP contribution >= 0.6 is 0 Å². The number of carbonyl (C=O) groups excluding carboxylic acids is 2. The third-order valence-electron chi connectivity index (χ3n) is 7.05. The summed E-state index contributed by atoms with van der Waals surface area (Å²) in [6.45, 7) is 4.54. The Labute approximate surface area is 242 Å².